The Bertz CT molecular complexity index is 626. The molecule has 0 radical (unpaired) electrons. The zero-order chi connectivity index (χ0) is 18.5. The van der Waals surface area contributed by atoms with Crippen LogP contribution in [0.4, 0.5) is 0 Å². The quantitative estimate of drug-likeness (QED) is 0.748. The molecule has 2 aromatic carbocycles. The fourth-order valence-electron chi connectivity index (χ4n) is 3.15. The van der Waals surface area contributed by atoms with Crippen LogP contribution in [0.2, 0.25) is 0 Å². The van der Waals surface area contributed by atoms with Crippen LogP contribution in [0.5, 0.6) is 0 Å². The number of rotatable bonds is 8. The lowest BCUT2D eigenvalue weighted by atomic mass is 9.85. The van der Waals surface area contributed by atoms with Crippen molar-refractivity contribution in [2.24, 2.45) is 10.8 Å². The first kappa shape index (κ1) is 19.7. The zero-order valence-electron chi connectivity index (χ0n) is 16.0. The SMILES string of the molecule is CC(C)(CO)Cc1cccc(Cc2cccc(CC(C)(C)CO)c2)c1. The molecule has 136 valence electrons. The van der Waals surface area contributed by atoms with Crippen molar-refractivity contribution < 1.29 is 10.2 Å². The van der Waals surface area contributed by atoms with E-state index in [0.29, 0.717) is 0 Å². The van der Waals surface area contributed by atoms with Crippen molar-refractivity contribution >= 4 is 0 Å². The lowest BCUT2D eigenvalue weighted by Gasteiger charge is -2.22. The Morgan fingerprint density at radius 3 is 1.36 bits per heavy atom. The molecule has 2 N–H and O–H groups in total. The van der Waals surface area contributed by atoms with Crippen LogP contribution >= 0.6 is 0 Å². The molecule has 0 amide bonds. The van der Waals surface area contributed by atoms with Gasteiger partial charge in [0.05, 0.1) is 0 Å². The summed E-state index contributed by atoms with van der Waals surface area (Å²) in [6, 6.07) is 17.3. The van der Waals surface area contributed by atoms with Crippen LogP contribution < -0.4 is 0 Å². The molecular formula is C23H32O2. The Balaban J connectivity index is 2.12. The molecule has 0 aromatic heterocycles. The Morgan fingerprint density at radius 2 is 1.00 bits per heavy atom. The average Bonchev–Trinajstić information content (AvgIpc) is 2.55. The van der Waals surface area contributed by atoms with E-state index in [4.69, 9.17) is 0 Å². The van der Waals surface area contributed by atoms with Crippen molar-refractivity contribution in [2.75, 3.05) is 13.2 Å². The van der Waals surface area contributed by atoms with Gasteiger partial charge in [0.15, 0.2) is 0 Å². The molecular weight excluding hydrogens is 308 g/mol. The molecule has 0 fully saturated rings. The predicted molar refractivity (Wildman–Crippen MR) is 105 cm³/mol. The second-order valence-electron chi connectivity index (χ2n) is 8.81. The topological polar surface area (TPSA) is 40.5 Å². The highest BCUT2D eigenvalue weighted by Crippen LogP contribution is 2.24. The summed E-state index contributed by atoms with van der Waals surface area (Å²) in [5, 5.41) is 19.0. The summed E-state index contributed by atoms with van der Waals surface area (Å²) in [6.07, 6.45) is 2.66. The maximum absolute atomic E-state index is 9.49. The average molecular weight is 341 g/mol. The molecule has 2 nitrogen and oxygen atoms in total. The summed E-state index contributed by atoms with van der Waals surface area (Å²) in [6.45, 7) is 8.75. The largest absolute Gasteiger partial charge is 0.396 e. The summed E-state index contributed by atoms with van der Waals surface area (Å²) in [5.41, 5.74) is 4.96. The van der Waals surface area contributed by atoms with Crippen molar-refractivity contribution in [3.05, 3.63) is 70.8 Å². The van der Waals surface area contributed by atoms with E-state index in [0.717, 1.165) is 19.3 Å². The molecule has 25 heavy (non-hydrogen) atoms. The molecule has 2 rings (SSSR count). The van der Waals surface area contributed by atoms with Gasteiger partial charge in [-0.1, -0.05) is 76.2 Å². The first-order chi connectivity index (χ1) is 11.7. The Labute approximate surface area is 152 Å². The van der Waals surface area contributed by atoms with E-state index in [2.05, 4.69) is 76.2 Å². The van der Waals surface area contributed by atoms with E-state index in [1.807, 2.05) is 0 Å². The molecule has 0 saturated heterocycles. The molecule has 0 bridgehead atoms. The van der Waals surface area contributed by atoms with Gasteiger partial charge in [-0.25, -0.2) is 0 Å². The normalized spacial score (nSPS) is 12.4. The molecule has 0 spiro atoms. The molecule has 0 heterocycles. The van der Waals surface area contributed by atoms with Gasteiger partial charge in [-0.15, -0.1) is 0 Å². The third kappa shape index (κ3) is 6.30. The van der Waals surface area contributed by atoms with Crippen molar-refractivity contribution in [3.8, 4) is 0 Å². The minimum atomic E-state index is -0.0889. The van der Waals surface area contributed by atoms with Gasteiger partial charge in [-0.3, -0.25) is 0 Å². The Hall–Kier alpha value is -1.64. The first-order valence-electron chi connectivity index (χ1n) is 9.10. The fourth-order valence-corrected chi connectivity index (χ4v) is 3.15. The van der Waals surface area contributed by atoms with Crippen molar-refractivity contribution in [3.63, 3.8) is 0 Å². The summed E-state index contributed by atoms with van der Waals surface area (Å²) < 4.78 is 0. The van der Waals surface area contributed by atoms with Crippen molar-refractivity contribution in [2.45, 2.75) is 47.0 Å². The highest BCUT2D eigenvalue weighted by molar-refractivity contribution is 5.32. The van der Waals surface area contributed by atoms with Crippen LogP contribution in [0.15, 0.2) is 48.5 Å². The molecule has 0 unspecified atom stereocenters. The van der Waals surface area contributed by atoms with E-state index in [1.165, 1.54) is 22.3 Å². The van der Waals surface area contributed by atoms with Crippen LogP contribution in [0.25, 0.3) is 0 Å². The van der Waals surface area contributed by atoms with E-state index >= 15 is 0 Å². The number of hydrogen-bond donors (Lipinski definition) is 2. The Kier molecular flexibility index (Phi) is 6.42. The molecule has 2 heteroatoms. The predicted octanol–water partition coefficient (Wildman–Crippen LogP) is 4.40. The molecule has 0 saturated carbocycles. The Morgan fingerprint density at radius 1 is 0.640 bits per heavy atom. The number of aliphatic hydroxyl groups is 2. The van der Waals surface area contributed by atoms with Gasteiger partial charge in [0.25, 0.3) is 0 Å². The van der Waals surface area contributed by atoms with Gasteiger partial charge in [0, 0.05) is 13.2 Å². The number of benzene rings is 2. The van der Waals surface area contributed by atoms with Crippen LogP contribution in [0, 0.1) is 10.8 Å². The third-order valence-electron chi connectivity index (χ3n) is 4.61. The summed E-state index contributed by atoms with van der Waals surface area (Å²) in [7, 11) is 0. The minimum absolute atomic E-state index is 0.0889. The van der Waals surface area contributed by atoms with Crippen molar-refractivity contribution in [1.82, 2.24) is 0 Å². The van der Waals surface area contributed by atoms with E-state index in [1.54, 1.807) is 0 Å². The lowest BCUT2D eigenvalue weighted by molar-refractivity contribution is 0.159. The first-order valence-corrected chi connectivity index (χ1v) is 9.10. The molecule has 2 aromatic rings. The van der Waals surface area contributed by atoms with Gasteiger partial charge in [-0.05, 0) is 52.3 Å². The maximum Gasteiger partial charge on any atom is 0.0485 e. The second-order valence-corrected chi connectivity index (χ2v) is 8.81. The highest BCUT2D eigenvalue weighted by Gasteiger charge is 2.18. The van der Waals surface area contributed by atoms with Crippen LogP contribution in [0.3, 0.4) is 0 Å². The molecule has 0 atom stereocenters. The van der Waals surface area contributed by atoms with E-state index in [-0.39, 0.29) is 24.0 Å². The summed E-state index contributed by atoms with van der Waals surface area (Å²) >= 11 is 0. The standard InChI is InChI=1S/C23H32O2/c1-22(2,16-24)14-20-9-5-7-18(12-20)11-19-8-6-10-21(13-19)15-23(3,4)17-25/h5-10,12-13,24-25H,11,14-17H2,1-4H3. The highest BCUT2D eigenvalue weighted by atomic mass is 16.3. The monoisotopic (exact) mass is 340 g/mol. The van der Waals surface area contributed by atoms with Gasteiger partial charge < -0.3 is 10.2 Å². The fraction of sp³-hybridized carbons (Fsp3) is 0.478. The summed E-state index contributed by atoms with van der Waals surface area (Å²) in [5.74, 6) is 0. The van der Waals surface area contributed by atoms with Crippen molar-refractivity contribution in [1.29, 1.82) is 0 Å². The van der Waals surface area contributed by atoms with Crippen LogP contribution in [-0.4, -0.2) is 23.4 Å². The van der Waals surface area contributed by atoms with E-state index < -0.39 is 0 Å². The van der Waals surface area contributed by atoms with E-state index in [9.17, 15) is 10.2 Å². The van der Waals surface area contributed by atoms with Gasteiger partial charge >= 0.3 is 0 Å². The van der Waals surface area contributed by atoms with Crippen LogP contribution in [-0.2, 0) is 19.3 Å². The van der Waals surface area contributed by atoms with Crippen LogP contribution in [0.1, 0.15) is 49.9 Å². The zero-order valence-corrected chi connectivity index (χ0v) is 16.0. The lowest BCUT2D eigenvalue weighted by Crippen LogP contribution is -2.19. The molecule has 0 aliphatic carbocycles. The second kappa shape index (κ2) is 8.16. The maximum atomic E-state index is 9.49. The molecule has 0 aliphatic rings. The molecule has 0 aliphatic heterocycles. The van der Waals surface area contributed by atoms with Gasteiger partial charge in [0.1, 0.15) is 0 Å². The number of aliphatic hydroxyl groups excluding tert-OH is 2. The third-order valence-corrected chi connectivity index (χ3v) is 4.61. The van der Waals surface area contributed by atoms with Gasteiger partial charge in [-0.2, -0.15) is 0 Å². The smallest absolute Gasteiger partial charge is 0.0485 e. The van der Waals surface area contributed by atoms with Gasteiger partial charge in [0.2, 0.25) is 0 Å². The number of hydrogen-bond acceptors (Lipinski definition) is 2. The minimum Gasteiger partial charge on any atom is -0.396 e. The summed E-state index contributed by atoms with van der Waals surface area (Å²) in [4.78, 5) is 0.